The zero-order valence-electron chi connectivity index (χ0n) is 12.0. The van der Waals surface area contributed by atoms with Crippen molar-refractivity contribution in [3.63, 3.8) is 0 Å². The van der Waals surface area contributed by atoms with Gasteiger partial charge in [0.1, 0.15) is 5.82 Å². The second kappa shape index (κ2) is 6.19. The summed E-state index contributed by atoms with van der Waals surface area (Å²) in [7, 11) is 0. The monoisotopic (exact) mass is 265 g/mol. The summed E-state index contributed by atoms with van der Waals surface area (Å²) in [5.41, 5.74) is 0.935. The Kier molecular flexibility index (Phi) is 4.58. The topological polar surface area (TPSA) is 56.2 Å². The minimum Gasteiger partial charge on any atom is -0.381 e. The van der Waals surface area contributed by atoms with Crippen LogP contribution in [-0.2, 0) is 9.53 Å². The molecular weight excluding hydrogens is 242 g/mol. The van der Waals surface area contributed by atoms with Crippen LogP contribution in [0.4, 0.5) is 5.82 Å². The van der Waals surface area contributed by atoms with Gasteiger partial charge in [-0.15, -0.1) is 0 Å². The Hall–Kier alpha value is -1.36. The van der Waals surface area contributed by atoms with Crippen molar-refractivity contribution in [1.29, 1.82) is 0 Å². The first kappa shape index (κ1) is 14.1. The summed E-state index contributed by atoms with van der Waals surface area (Å²) < 4.78 is 7.21. The van der Waals surface area contributed by atoms with Crippen molar-refractivity contribution in [2.45, 2.75) is 46.1 Å². The molecule has 0 spiro atoms. The van der Waals surface area contributed by atoms with Gasteiger partial charge in [-0.05, 0) is 26.2 Å². The molecule has 1 aromatic rings. The molecule has 0 radical (unpaired) electrons. The average molecular weight is 265 g/mol. The predicted molar refractivity (Wildman–Crippen MR) is 74.1 cm³/mol. The van der Waals surface area contributed by atoms with E-state index in [-0.39, 0.29) is 11.8 Å². The molecule has 1 amide bonds. The van der Waals surface area contributed by atoms with Crippen molar-refractivity contribution in [2.24, 2.45) is 5.92 Å². The number of hydrogen-bond donors (Lipinski definition) is 1. The molecule has 0 bridgehead atoms. The maximum Gasteiger partial charge on any atom is 0.231 e. The van der Waals surface area contributed by atoms with E-state index in [1.54, 1.807) is 0 Å². The fourth-order valence-electron chi connectivity index (χ4n) is 2.49. The molecule has 0 aromatic carbocycles. The summed E-state index contributed by atoms with van der Waals surface area (Å²) in [6.45, 7) is 7.45. The Labute approximate surface area is 114 Å². The minimum atomic E-state index is -0.0228. The van der Waals surface area contributed by atoms with E-state index in [1.165, 1.54) is 0 Å². The van der Waals surface area contributed by atoms with Crippen LogP contribution >= 0.6 is 0 Å². The lowest BCUT2D eigenvalue weighted by Crippen LogP contribution is -2.25. The number of rotatable bonds is 5. The van der Waals surface area contributed by atoms with Gasteiger partial charge in [0.2, 0.25) is 5.91 Å². The molecule has 1 aliphatic heterocycles. The van der Waals surface area contributed by atoms with Gasteiger partial charge in [0.25, 0.3) is 0 Å². The van der Waals surface area contributed by atoms with Gasteiger partial charge in [0.15, 0.2) is 0 Å². The highest BCUT2D eigenvalue weighted by atomic mass is 16.5. The van der Waals surface area contributed by atoms with Gasteiger partial charge >= 0.3 is 0 Å². The van der Waals surface area contributed by atoms with Crippen molar-refractivity contribution in [3.8, 4) is 0 Å². The predicted octanol–water partition coefficient (Wildman–Crippen LogP) is 2.53. The Morgan fingerprint density at radius 2 is 2.32 bits per heavy atom. The standard InChI is InChI=1S/C14H23N3O2/c1-4-12(5-2)17-13(8-10(3)16-17)15-14(18)11-6-7-19-9-11/h8,11-12H,4-7,9H2,1-3H3,(H,15,18)/t11-/m1/s1. The molecule has 1 atom stereocenters. The summed E-state index contributed by atoms with van der Waals surface area (Å²) in [6.07, 6.45) is 2.82. The molecule has 0 unspecified atom stereocenters. The van der Waals surface area contributed by atoms with Crippen LogP contribution in [-0.4, -0.2) is 28.9 Å². The van der Waals surface area contributed by atoms with Crippen LogP contribution in [0.3, 0.4) is 0 Å². The quantitative estimate of drug-likeness (QED) is 0.890. The van der Waals surface area contributed by atoms with Gasteiger partial charge in [0.05, 0.1) is 24.3 Å². The SMILES string of the molecule is CCC(CC)n1nc(C)cc1NC(=O)[C@@H]1CCOC1. The fourth-order valence-corrected chi connectivity index (χ4v) is 2.49. The van der Waals surface area contributed by atoms with Gasteiger partial charge in [0, 0.05) is 12.7 Å². The summed E-state index contributed by atoms with van der Waals surface area (Å²) in [4.78, 5) is 12.1. The van der Waals surface area contributed by atoms with Gasteiger partial charge in [-0.25, -0.2) is 4.68 Å². The van der Waals surface area contributed by atoms with Gasteiger partial charge in [-0.3, -0.25) is 4.79 Å². The molecule has 5 heteroatoms. The summed E-state index contributed by atoms with van der Waals surface area (Å²) in [5.74, 6) is 0.832. The fraction of sp³-hybridized carbons (Fsp3) is 0.714. The van der Waals surface area contributed by atoms with Crippen LogP contribution in [0.5, 0.6) is 0 Å². The maximum atomic E-state index is 12.1. The third-order valence-corrected chi connectivity index (χ3v) is 3.70. The maximum absolute atomic E-state index is 12.1. The van der Waals surface area contributed by atoms with E-state index in [0.717, 1.165) is 30.8 Å². The molecule has 1 saturated heterocycles. The minimum absolute atomic E-state index is 0.0228. The molecule has 1 N–H and O–H groups in total. The first-order valence-corrected chi connectivity index (χ1v) is 7.10. The van der Waals surface area contributed by atoms with Crippen LogP contribution in [0.2, 0.25) is 0 Å². The third-order valence-electron chi connectivity index (χ3n) is 3.70. The number of nitrogens with one attached hydrogen (secondary N) is 1. The number of carbonyl (C=O) groups excluding carboxylic acids is 1. The first-order chi connectivity index (χ1) is 9.15. The van der Waals surface area contributed by atoms with E-state index < -0.39 is 0 Å². The lowest BCUT2D eigenvalue weighted by molar-refractivity contribution is -0.119. The number of anilines is 1. The second-order valence-electron chi connectivity index (χ2n) is 5.14. The highest BCUT2D eigenvalue weighted by Crippen LogP contribution is 2.23. The summed E-state index contributed by atoms with van der Waals surface area (Å²) in [5, 5.41) is 7.51. The van der Waals surface area contributed by atoms with Crippen LogP contribution in [0.25, 0.3) is 0 Å². The zero-order valence-corrected chi connectivity index (χ0v) is 12.0. The third kappa shape index (κ3) is 3.15. The molecule has 0 saturated carbocycles. The zero-order chi connectivity index (χ0) is 13.8. The molecule has 0 aliphatic carbocycles. The molecule has 1 aliphatic rings. The Bertz CT molecular complexity index is 432. The van der Waals surface area contributed by atoms with E-state index in [9.17, 15) is 4.79 Å². The average Bonchev–Trinajstić information content (AvgIpc) is 3.01. The van der Waals surface area contributed by atoms with Gasteiger partial charge in [-0.2, -0.15) is 5.10 Å². The number of ether oxygens (including phenoxy) is 1. The van der Waals surface area contributed by atoms with Crippen molar-refractivity contribution in [1.82, 2.24) is 9.78 Å². The number of nitrogens with zero attached hydrogens (tertiary/aromatic N) is 2. The second-order valence-corrected chi connectivity index (χ2v) is 5.14. The van der Waals surface area contributed by atoms with Crippen LogP contribution in [0.1, 0.15) is 44.8 Å². The van der Waals surface area contributed by atoms with Crippen LogP contribution < -0.4 is 5.32 Å². The number of hydrogen-bond acceptors (Lipinski definition) is 3. The lowest BCUT2D eigenvalue weighted by Gasteiger charge is -2.17. The largest absolute Gasteiger partial charge is 0.381 e. The highest BCUT2D eigenvalue weighted by molar-refractivity contribution is 5.92. The highest BCUT2D eigenvalue weighted by Gasteiger charge is 2.25. The molecule has 1 aromatic heterocycles. The molecule has 1 fully saturated rings. The van der Waals surface area contributed by atoms with E-state index in [4.69, 9.17) is 4.74 Å². The van der Waals surface area contributed by atoms with Crippen molar-refractivity contribution in [3.05, 3.63) is 11.8 Å². The van der Waals surface area contributed by atoms with Crippen LogP contribution in [0.15, 0.2) is 6.07 Å². The molecule has 2 heterocycles. The lowest BCUT2D eigenvalue weighted by atomic mass is 10.1. The Morgan fingerprint density at radius 3 is 2.89 bits per heavy atom. The Balaban J connectivity index is 2.12. The number of amides is 1. The van der Waals surface area contributed by atoms with E-state index in [0.29, 0.717) is 19.3 Å². The summed E-state index contributed by atoms with van der Waals surface area (Å²) in [6, 6.07) is 2.27. The molecular formula is C14H23N3O2. The molecule has 5 nitrogen and oxygen atoms in total. The normalized spacial score (nSPS) is 19.1. The van der Waals surface area contributed by atoms with E-state index in [1.807, 2.05) is 17.7 Å². The van der Waals surface area contributed by atoms with Crippen molar-refractivity contribution < 1.29 is 9.53 Å². The van der Waals surface area contributed by atoms with Crippen LogP contribution in [0, 0.1) is 12.8 Å². The molecule has 2 rings (SSSR count). The molecule has 19 heavy (non-hydrogen) atoms. The number of carbonyl (C=O) groups is 1. The number of aryl methyl sites for hydroxylation is 1. The summed E-state index contributed by atoms with van der Waals surface area (Å²) >= 11 is 0. The van der Waals surface area contributed by atoms with E-state index >= 15 is 0 Å². The van der Waals surface area contributed by atoms with E-state index in [2.05, 4.69) is 24.3 Å². The smallest absolute Gasteiger partial charge is 0.231 e. The van der Waals surface area contributed by atoms with Gasteiger partial charge in [-0.1, -0.05) is 13.8 Å². The number of aromatic nitrogens is 2. The van der Waals surface area contributed by atoms with Gasteiger partial charge < -0.3 is 10.1 Å². The van der Waals surface area contributed by atoms with Crippen molar-refractivity contribution >= 4 is 11.7 Å². The van der Waals surface area contributed by atoms with Crippen molar-refractivity contribution in [2.75, 3.05) is 18.5 Å². The first-order valence-electron chi connectivity index (χ1n) is 7.10. The Morgan fingerprint density at radius 1 is 1.58 bits per heavy atom. The molecule has 106 valence electrons.